The predicted octanol–water partition coefficient (Wildman–Crippen LogP) is 3.08. The van der Waals surface area contributed by atoms with Crippen molar-refractivity contribution in [3.63, 3.8) is 0 Å². The fourth-order valence-corrected chi connectivity index (χ4v) is 2.76. The van der Waals surface area contributed by atoms with E-state index in [0.29, 0.717) is 12.5 Å². The van der Waals surface area contributed by atoms with Crippen molar-refractivity contribution in [2.24, 2.45) is 11.7 Å². The minimum Gasteiger partial charge on any atom is -0.378 e. The van der Waals surface area contributed by atoms with Crippen LogP contribution in [-0.2, 0) is 0 Å². The summed E-state index contributed by atoms with van der Waals surface area (Å²) in [6, 6.07) is 10.4. The van der Waals surface area contributed by atoms with E-state index in [2.05, 4.69) is 41.5 Å². The molecule has 3 heteroatoms. The van der Waals surface area contributed by atoms with E-state index < -0.39 is 0 Å². The van der Waals surface area contributed by atoms with Gasteiger partial charge in [0, 0.05) is 28.9 Å². The molecule has 0 amide bonds. The number of anilines is 1. The van der Waals surface area contributed by atoms with E-state index in [1.54, 1.807) is 0 Å². The van der Waals surface area contributed by atoms with Gasteiger partial charge in [-0.1, -0.05) is 18.2 Å². The highest BCUT2D eigenvalue weighted by molar-refractivity contribution is 5.91. The molecule has 3 N–H and O–H groups in total. The number of nitrogens with zero attached hydrogens (tertiary/aromatic N) is 1. The van der Waals surface area contributed by atoms with Crippen molar-refractivity contribution in [3.8, 4) is 0 Å². The number of hydrogen-bond donors (Lipinski definition) is 2. The lowest BCUT2D eigenvalue weighted by molar-refractivity contribution is 0.460. The highest BCUT2D eigenvalue weighted by atomic mass is 15.0. The average Bonchev–Trinajstić information content (AvgIpc) is 3.23. The van der Waals surface area contributed by atoms with Crippen molar-refractivity contribution >= 4 is 16.6 Å². The summed E-state index contributed by atoms with van der Waals surface area (Å²) in [5, 5.41) is 4.86. The first-order chi connectivity index (χ1) is 9.12. The van der Waals surface area contributed by atoms with Crippen LogP contribution < -0.4 is 11.1 Å². The summed E-state index contributed by atoms with van der Waals surface area (Å²) >= 11 is 0. The van der Waals surface area contributed by atoms with Crippen LogP contribution in [0.15, 0.2) is 30.3 Å². The zero-order valence-electron chi connectivity index (χ0n) is 11.6. The molecule has 0 radical (unpaired) electrons. The van der Waals surface area contributed by atoms with Crippen molar-refractivity contribution in [3.05, 3.63) is 36.0 Å². The van der Waals surface area contributed by atoms with Crippen LogP contribution in [0.2, 0.25) is 0 Å². The molecule has 1 saturated carbocycles. The Labute approximate surface area is 114 Å². The van der Waals surface area contributed by atoms with Gasteiger partial charge in [0.25, 0.3) is 0 Å². The number of pyridine rings is 1. The molecule has 1 atom stereocenters. The van der Waals surface area contributed by atoms with Gasteiger partial charge in [-0.3, -0.25) is 4.98 Å². The first-order valence-electron chi connectivity index (χ1n) is 6.97. The number of nitrogens with one attached hydrogen (secondary N) is 1. The zero-order valence-corrected chi connectivity index (χ0v) is 11.6. The summed E-state index contributed by atoms with van der Waals surface area (Å²) in [7, 11) is 0. The Bertz CT molecular complexity index is 604. The fourth-order valence-electron chi connectivity index (χ4n) is 2.76. The Kier molecular flexibility index (Phi) is 2.94. The first kappa shape index (κ1) is 12.4. The summed E-state index contributed by atoms with van der Waals surface area (Å²) in [6.07, 6.45) is 2.56. The monoisotopic (exact) mass is 255 g/mol. The number of nitrogens with two attached hydrogens (primary N) is 1. The molecule has 1 unspecified atom stereocenters. The highest BCUT2D eigenvalue weighted by Gasteiger charge is 2.40. The topological polar surface area (TPSA) is 50.9 Å². The lowest BCUT2D eigenvalue weighted by atomic mass is 9.95. The third-order valence-corrected chi connectivity index (χ3v) is 4.17. The van der Waals surface area contributed by atoms with Crippen molar-refractivity contribution in [2.45, 2.75) is 32.2 Å². The second-order valence-electron chi connectivity index (χ2n) is 5.85. The molecule has 1 heterocycles. The smallest absolute Gasteiger partial charge is 0.0725 e. The van der Waals surface area contributed by atoms with E-state index in [9.17, 15) is 0 Å². The Morgan fingerprint density at radius 1 is 1.37 bits per heavy atom. The maximum Gasteiger partial charge on any atom is 0.0725 e. The number of benzene rings is 1. The van der Waals surface area contributed by atoms with Crippen LogP contribution in [0.25, 0.3) is 10.9 Å². The van der Waals surface area contributed by atoms with Gasteiger partial charge in [-0.2, -0.15) is 0 Å². The van der Waals surface area contributed by atoms with Gasteiger partial charge in [0.05, 0.1) is 5.52 Å². The zero-order chi connectivity index (χ0) is 13.5. The largest absolute Gasteiger partial charge is 0.378 e. The summed E-state index contributed by atoms with van der Waals surface area (Å²) in [5.74, 6) is 0.699. The molecule has 2 aromatic rings. The van der Waals surface area contributed by atoms with E-state index in [4.69, 9.17) is 5.73 Å². The number of para-hydroxylation sites is 1. The number of aryl methyl sites for hydroxylation is 1. The van der Waals surface area contributed by atoms with Gasteiger partial charge in [-0.05, 0) is 44.7 Å². The molecule has 1 aliphatic carbocycles. The average molecular weight is 255 g/mol. The molecule has 1 aliphatic rings. The third kappa shape index (κ3) is 2.30. The van der Waals surface area contributed by atoms with Crippen LogP contribution in [0.4, 0.5) is 5.69 Å². The number of rotatable bonds is 4. The number of hydrogen-bond acceptors (Lipinski definition) is 3. The van der Waals surface area contributed by atoms with Crippen molar-refractivity contribution in [1.29, 1.82) is 0 Å². The normalized spacial score (nSPS) is 18.3. The van der Waals surface area contributed by atoms with Crippen molar-refractivity contribution in [2.75, 3.05) is 11.9 Å². The molecule has 1 aromatic heterocycles. The van der Waals surface area contributed by atoms with E-state index in [1.165, 1.54) is 18.2 Å². The molecule has 0 bridgehead atoms. The quantitative estimate of drug-likeness (QED) is 0.882. The molecule has 1 fully saturated rings. The Balaban J connectivity index is 2.04. The summed E-state index contributed by atoms with van der Waals surface area (Å²) < 4.78 is 0. The van der Waals surface area contributed by atoms with Gasteiger partial charge in [-0.15, -0.1) is 0 Å². The second-order valence-corrected chi connectivity index (χ2v) is 5.85. The van der Waals surface area contributed by atoms with Crippen LogP contribution in [0.3, 0.4) is 0 Å². The first-order valence-corrected chi connectivity index (χ1v) is 6.97. The Hall–Kier alpha value is -1.61. The van der Waals surface area contributed by atoms with Crippen LogP contribution in [0.5, 0.6) is 0 Å². The van der Waals surface area contributed by atoms with Crippen molar-refractivity contribution in [1.82, 2.24) is 4.98 Å². The van der Waals surface area contributed by atoms with E-state index in [-0.39, 0.29) is 5.54 Å². The molecule has 0 spiro atoms. The molecule has 19 heavy (non-hydrogen) atoms. The van der Waals surface area contributed by atoms with Gasteiger partial charge >= 0.3 is 0 Å². The van der Waals surface area contributed by atoms with E-state index in [1.807, 2.05) is 13.0 Å². The van der Waals surface area contributed by atoms with Gasteiger partial charge < -0.3 is 11.1 Å². The van der Waals surface area contributed by atoms with Crippen molar-refractivity contribution < 1.29 is 0 Å². The predicted molar refractivity (Wildman–Crippen MR) is 80.3 cm³/mol. The van der Waals surface area contributed by atoms with Crippen LogP contribution in [0, 0.1) is 12.8 Å². The van der Waals surface area contributed by atoms with Gasteiger partial charge in [0.2, 0.25) is 0 Å². The maximum absolute atomic E-state index is 6.00. The lowest BCUT2D eigenvalue weighted by Crippen LogP contribution is -2.44. The maximum atomic E-state index is 6.00. The minimum absolute atomic E-state index is 0.00341. The second kappa shape index (κ2) is 4.49. The van der Waals surface area contributed by atoms with E-state index >= 15 is 0 Å². The molecular weight excluding hydrogens is 234 g/mol. The molecule has 0 aliphatic heterocycles. The van der Waals surface area contributed by atoms with E-state index in [0.717, 1.165) is 16.9 Å². The van der Waals surface area contributed by atoms with Gasteiger partial charge in [0.1, 0.15) is 0 Å². The molecule has 3 nitrogen and oxygen atoms in total. The fraction of sp³-hybridized carbons (Fsp3) is 0.438. The van der Waals surface area contributed by atoms with Gasteiger partial charge in [-0.25, -0.2) is 0 Å². The molecule has 100 valence electrons. The van der Waals surface area contributed by atoms with Crippen LogP contribution >= 0.6 is 0 Å². The molecule has 0 saturated heterocycles. The van der Waals surface area contributed by atoms with Crippen LogP contribution in [-0.4, -0.2) is 17.1 Å². The standard InChI is InChI=1S/C16H21N3/c1-11-9-15(13-5-3-4-6-14(13)18-11)19-16(2,10-17)12-7-8-12/h3-6,9,12H,7-8,10,17H2,1-2H3,(H,18,19). The molecule has 3 rings (SSSR count). The Morgan fingerprint density at radius 3 is 2.79 bits per heavy atom. The SMILES string of the molecule is Cc1cc(NC(C)(CN)C2CC2)c2ccccc2n1. The van der Waals surface area contributed by atoms with Gasteiger partial charge in [0.15, 0.2) is 0 Å². The third-order valence-electron chi connectivity index (χ3n) is 4.17. The highest BCUT2D eigenvalue weighted by Crippen LogP contribution is 2.41. The number of fused-ring (bicyclic) bond motifs is 1. The minimum atomic E-state index is -0.00341. The molecule has 1 aromatic carbocycles. The summed E-state index contributed by atoms with van der Waals surface area (Å²) in [4.78, 5) is 4.58. The van der Waals surface area contributed by atoms with Crippen LogP contribution in [0.1, 0.15) is 25.5 Å². The lowest BCUT2D eigenvalue weighted by Gasteiger charge is -2.31. The summed E-state index contributed by atoms with van der Waals surface area (Å²) in [6.45, 7) is 4.93. The number of aromatic nitrogens is 1. The summed E-state index contributed by atoms with van der Waals surface area (Å²) in [5.41, 5.74) is 9.23. The Morgan fingerprint density at radius 2 is 2.11 bits per heavy atom. The molecular formula is C16H21N3.